The molecule has 1 aromatic rings. The Balaban J connectivity index is 1.91. The summed E-state index contributed by atoms with van der Waals surface area (Å²) in [5.41, 5.74) is -0.152. The van der Waals surface area contributed by atoms with Crippen molar-refractivity contribution in [3.63, 3.8) is 0 Å². The number of carboxylic acid groups (broad SMARTS) is 1. The van der Waals surface area contributed by atoms with Crippen LogP contribution in [0.4, 0.5) is 5.69 Å². The highest BCUT2D eigenvalue weighted by molar-refractivity contribution is 7.98. The molecule has 1 aliphatic rings. The van der Waals surface area contributed by atoms with E-state index in [1.54, 1.807) is 11.8 Å². The SMILES string of the molecule is CSc1ccccc1NC(=O)CNC1(C(=O)O)CCC1. The lowest BCUT2D eigenvalue weighted by atomic mass is 9.77. The molecule has 0 aromatic heterocycles. The summed E-state index contributed by atoms with van der Waals surface area (Å²) < 4.78 is 0. The van der Waals surface area contributed by atoms with Crippen molar-refractivity contribution in [3.8, 4) is 0 Å². The van der Waals surface area contributed by atoms with Crippen LogP contribution in [0.25, 0.3) is 0 Å². The van der Waals surface area contributed by atoms with Crippen LogP contribution in [-0.2, 0) is 9.59 Å². The summed E-state index contributed by atoms with van der Waals surface area (Å²) in [6.45, 7) is 0.00894. The Morgan fingerprint density at radius 2 is 2.05 bits per heavy atom. The maximum atomic E-state index is 11.9. The third-order valence-corrected chi connectivity index (χ3v) is 4.38. The predicted octanol–water partition coefficient (Wildman–Crippen LogP) is 1.94. The minimum atomic E-state index is -0.906. The Morgan fingerprint density at radius 1 is 1.35 bits per heavy atom. The highest BCUT2D eigenvalue weighted by Gasteiger charge is 2.44. The van der Waals surface area contributed by atoms with Gasteiger partial charge in [0.25, 0.3) is 0 Å². The first-order valence-corrected chi connectivity index (χ1v) is 7.71. The number of rotatable bonds is 6. The monoisotopic (exact) mass is 294 g/mol. The molecule has 1 amide bonds. The van der Waals surface area contributed by atoms with Gasteiger partial charge in [0.15, 0.2) is 0 Å². The van der Waals surface area contributed by atoms with Crippen molar-refractivity contribution in [1.82, 2.24) is 5.32 Å². The number of carboxylic acids is 1. The molecule has 1 aromatic carbocycles. The van der Waals surface area contributed by atoms with Crippen LogP contribution in [0.1, 0.15) is 19.3 Å². The van der Waals surface area contributed by atoms with Crippen molar-refractivity contribution in [2.24, 2.45) is 0 Å². The van der Waals surface area contributed by atoms with E-state index in [2.05, 4.69) is 10.6 Å². The van der Waals surface area contributed by atoms with Crippen LogP contribution in [0, 0.1) is 0 Å². The standard InChI is InChI=1S/C14H18N2O3S/c1-20-11-6-3-2-5-10(11)16-12(17)9-15-14(13(18)19)7-4-8-14/h2-3,5-6,15H,4,7-9H2,1H3,(H,16,17)(H,18,19). The number of carbonyl (C=O) groups excluding carboxylic acids is 1. The summed E-state index contributed by atoms with van der Waals surface area (Å²) in [6, 6.07) is 7.53. The number of benzene rings is 1. The molecule has 0 atom stereocenters. The fourth-order valence-electron chi connectivity index (χ4n) is 2.19. The van der Waals surface area contributed by atoms with Crippen LogP contribution in [0.3, 0.4) is 0 Å². The molecule has 0 aliphatic heterocycles. The number of anilines is 1. The van der Waals surface area contributed by atoms with E-state index in [-0.39, 0.29) is 12.5 Å². The van der Waals surface area contributed by atoms with Gasteiger partial charge in [0, 0.05) is 4.90 Å². The second-order valence-corrected chi connectivity index (χ2v) is 5.69. The normalized spacial score (nSPS) is 16.2. The van der Waals surface area contributed by atoms with Gasteiger partial charge in [0.2, 0.25) is 5.91 Å². The van der Waals surface area contributed by atoms with Crippen molar-refractivity contribution < 1.29 is 14.7 Å². The van der Waals surface area contributed by atoms with Crippen LogP contribution < -0.4 is 10.6 Å². The van der Waals surface area contributed by atoms with Gasteiger partial charge in [-0.05, 0) is 37.7 Å². The highest BCUT2D eigenvalue weighted by Crippen LogP contribution is 2.31. The average molecular weight is 294 g/mol. The summed E-state index contributed by atoms with van der Waals surface area (Å²) in [5, 5.41) is 14.8. The molecule has 0 bridgehead atoms. The van der Waals surface area contributed by atoms with E-state index in [4.69, 9.17) is 0 Å². The third kappa shape index (κ3) is 3.13. The fraction of sp³-hybridized carbons (Fsp3) is 0.429. The van der Waals surface area contributed by atoms with Gasteiger partial charge in [-0.3, -0.25) is 14.9 Å². The fourth-order valence-corrected chi connectivity index (χ4v) is 2.74. The van der Waals surface area contributed by atoms with Crippen molar-refractivity contribution in [3.05, 3.63) is 24.3 Å². The molecule has 0 heterocycles. The maximum Gasteiger partial charge on any atom is 0.323 e. The molecular weight excluding hydrogens is 276 g/mol. The lowest BCUT2D eigenvalue weighted by Crippen LogP contribution is -2.58. The van der Waals surface area contributed by atoms with Crippen LogP contribution in [0.2, 0.25) is 0 Å². The lowest BCUT2D eigenvalue weighted by Gasteiger charge is -2.38. The van der Waals surface area contributed by atoms with E-state index in [0.717, 1.165) is 17.0 Å². The minimum Gasteiger partial charge on any atom is -0.480 e. The number of aliphatic carboxylic acids is 1. The summed E-state index contributed by atoms with van der Waals surface area (Å²) in [4.78, 5) is 24.1. The molecule has 20 heavy (non-hydrogen) atoms. The summed E-state index contributed by atoms with van der Waals surface area (Å²) in [6.07, 6.45) is 3.99. The van der Waals surface area contributed by atoms with Crippen molar-refractivity contribution in [2.45, 2.75) is 29.7 Å². The number of para-hydroxylation sites is 1. The molecule has 3 N–H and O–H groups in total. The minimum absolute atomic E-state index is 0.00894. The summed E-state index contributed by atoms with van der Waals surface area (Å²) >= 11 is 1.55. The number of hydrogen-bond acceptors (Lipinski definition) is 4. The van der Waals surface area contributed by atoms with Gasteiger partial charge in [-0.25, -0.2) is 0 Å². The van der Waals surface area contributed by atoms with E-state index < -0.39 is 11.5 Å². The van der Waals surface area contributed by atoms with Gasteiger partial charge in [-0.2, -0.15) is 0 Å². The average Bonchev–Trinajstić information content (AvgIpc) is 2.37. The van der Waals surface area contributed by atoms with Gasteiger partial charge in [-0.1, -0.05) is 12.1 Å². The molecule has 1 aliphatic carbocycles. The van der Waals surface area contributed by atoms with Gasteiger partial charge >= 0.3 is 5.97 Å². The Bertz CT molecular complexity index is 515. The molecule has 0 spiro atoms. The van der Waals surface area contributed by atoms with Gasteiger partial charge in [0.05, 0.1) is 12.2 Å². The molecule has 1 fully saturated rings. The topological polar surface area (TPSA) is 78.4 Å². The lowest BCUT2D eigenvalue weighted by molar-refractivity contribution is -0.148. The van der Waals surface area contributed by atoms with Crippen LogP contribution >= 0.6 is 11.8 Å². The number of hydrogen-bond donors (Lipinski definition) is 3. The maximum absolute atomic E-state index is 11.9. The van der Waals surface area contributed by atoms with E-state index in [1.807, 2.05) is 30.5 Å². The van der Waals surface area contributed by atoms with Crippen molar-refractivity contribution in [2.75, 3.05) is 18.1 Å². The molecule has 1 saturated carbocycles. The summed E-state index contributed by atoms with van der Waals surface area (Å²) in [5.74, 6) is -1.10. The Morgan fingerprint density at radius 3 is 2.60 bits per heavy atom. The first-order chi connectivity index (χ1) is 9.57. The summed E-state index contributed by atoms with van der Waals surface area (Å²) in [7, 11) is 0. The molecule has 6 heteroatoms. The highest BCUT2D eigenvalue weighted by atomic mass is 32.2. The zero-order valence-electron chi connectivity index (χ0n) is 11.3. The predicted molar refractivity (Wildman–Crippen MR) is 79.1 cm³/mol. The number of nitrogens with one attached hydrogen (secondary N) is 2. The van der Waals surface area contributed by atoms with Gasteiger partial charge in [-0.15, -0.1) is 11.8 Å². The quantitative estimate of drug-likeness (QED) is 0.699. The molecule has 0 saturated heterocycles. The van der Waals surface area contributed by atoms with E-state index in [9.17, 15) is 14.7 Å². The van der Waals surface area contributed by atoms with Crippen LogP contribution in [-0.4, -0.2) is 35.3 Å². The van der Waals surface area contributed by atoms with Crippen molar-refractivity contribution >= 4 is 29.3 Å². The molecule has 0 unspecified atom stereocenters. The largest absolute Gasteiger partial charge is 0.480 e. The molecule has 108 valence electrons. The Labute approximate surface area is 122 Å². The second-order valence-electron chi connectivity index (χ2n) is 4.84. The Kier molecular flexibility index (Phi) is 4.67. The number of carbonyl (C=O) groups is 2. The molecular formula is C14H18N2O3S. The number of amides is 1. The van der Waals surface area contributed by atoms with Gasteiger partial charge in [0.1, 0.15) is 5.54 Å². The molecule has 5 nitrogen and oxygen atoms in total. The Hall–Kier alpha value is -1.53. The molecule has 0 radical (unpaired) electrons. The zero-order valence-corrected chi connectivity index (χ0v) is 12.1. The van der Waals surface area contributed by atoms with E-state index >= 15 is 0 Å². The first kappa shape index (κ1) is 14.9. The third-order valence-electron chi connectivity index (χ3n) is 3.58. The van der Waals surface area contributed by atoms with Crippen LogP contribution in [0.15, 0.2) is 29.2 Å². The number of thioether (sulfide) groups is 1. The molecule has 2 rings (SSSR count). The second kappa shape index (κ2) is 6.28. The van der Waals surface area contributed by atoms with Crippen molar-refractivity contribution in [1.29, 1.82) is 0 Å². The zero-order chi connectivity index (χ0) is 14.6. The van der Waals surface area contributed by atoms with E-state index in [0.29, 0.717) is 12.8 Å². The smallest absolute Gasteiger partial charge is 0.323 e. The van der Waals surface area contributed by atoms with E-state index in [1.165, 1.54) is 0 Å². The van der Waals surface area contributed by atoms with Gasteiger partial charge < -0.3 is 10.4 Å². The van der Waals surface area contributed by atoms with Crippen LogP contribution in [0.5, 0.6) is 0 Å². The first-order valence-electron chi connectivity index (χ1n) is 6.49.